The highest BCUT2D eigenvalue weighted by molar-refractivity contribution is 8.00. The summed E-state index contributed by atoms with van der Waals surface area (Å²) in [5.41, 5.74) is 0. The van der Waals surface area contributed by atoms with Crippen molar-refractivity contribution in [2.45, 2.75) is 119 Å². The number of urea groups is 1. The summed E-state index contributed by atoms with van der Waals surface area (Å²) >= 11 is 1.86. The summed E-state index contributed by atoms with van der Waals surface area (Å²) in [5.74, 6) is 0.190. The van der Waals surface area contributed by atoms with E-state index in [0.717, 1.165) is 38.0 Å². The van der Waals surface area contributed by atoms with E-state index in [1.165, 1.54) is 6.08 Å². The molecule has 9 nitrogen and oxygen atoms in total. The maximum atomic E-state index is 16.5. The van der Waals surface area contributed by atoms with Crippen LogP contribution in [0.15, 0.2) is 12.7 Å². The van der Waals surface area contributed by atoms with Crippen molar-refractivity contribution in [3.05, 3.63) is 12.7 Å². The molecule has 5 saturated heterocycles. The lowest BCUT2D eigenvalue weighted by molar-refractivity contribution is -0.130. The Kier molecular flexibility index (Phi) is 8.45. The van der Waals surface area contributed by atoms with Crippen LogP contribution in [0.2, 0.25) is 0 Å². The highest BCUT2D eigenvalue weighted by Gasteiger charge is 2.60. The zero-order valence-corrected chi connectivity index (χ0v) is 26.2. The smallest absolute Gasteiger partial charge is 0.320 e. The fourth-order valence-electron chi connectivity index (χ4n) is 9.40. The number of rotatable bonds is 3. The molecule has 3 N–H and O–H groups in total. The van der Waals surface area contributed by atoms with Gasteiger partial charge in [-0.05, 0) is 57.1 Å². The first kappa shape index (κ1) is 30.2. The molecule has 12 heteroatoms. The largest absolute Gasteiger partial charge is 0.377 e. The molecule has 5 heterocycles. The molecular formula is C31H48F2N6O3S. The molecule has 3 amide bonds. The number of alkyl halides is 2. The number of ether oxygens (including phenoxy) is 1. The highest BCUT2D eigenvalue weighted by Crippen LogP contribution is 2.46. The maximum Gasteiger partial charge on any atom is 0.320 e. The van der Waals surface area contributed by atoms with Crippen molar-refractivity contribution in [2.24, 2.45) is 17.8 Å². The lowest BCUT2D eigenvalue weighted by atomic mass is 9.73. The van der Waals surface area contributed by atoms with Crippen LogP contribution in [0, 0.1) is 17.8 Å². The van der Waals surface area contributed by atoms with E-state index in [4.69, 9.17) is 4.74 Å². The van der Waals surface area contributed by atoms with Crippen molar-refractivity contribution in [2.75, 3.05) is 32.0 Å². The SMILES string of the molecule is C=CC(=O)N1CCN(C2NC(=O)N3C4NC(C(F)CC42)C2C(F)CCCC2OCCSC2CCNC(C(C)C)C23)[C@@H]2C[C@@H]21. The Morgan fingerprint density at radius 1 is 1.12 bits per heavy atom. The molecule has 0 aromatic rings. The first-order chi connectivity index (χ1) is 20.8. The Bertz CT molecular complexity index is 1090. The van der Waals surface area contributed by atoms with E-state index in [9.17, 15) is 9.59 Å². The highest BCUT2D eigenvalue weighted by atomic mass is 32.2. The van der Waals surface area contributed by atoms with Crippen LogP contribution < -0.4 is 16.0 Å². The van der Waals surface area contributed by atoms with Crippen molar-refractivity contribution in [3.8, 4) is 0 Å². The second-order valence-electron chi connectivity index (χ2n) is 14.0. The molecule has 5 aliphatic heterocycles. The number of halogens is 2. The minimum absolute atomic E-state index is 0.0607. The summed E-state index contributed by atoms with van der Waals surface area (Å²) in [7, 11) is 0. The van der Waals surface area contributed by atoms with Gasteiger partial charge in [-0.2, -0.15) is 11.8 Å². The van der Waals surface area contributed by atoms with Crippen LogP contribution in [0.5, 0.6) is 0 Å². The van der Waals surface area contributed by atoms with Crippen molar-refractivity contribution >= 4 is 23.7 Å². The zero-order valence-electron chi connectivity index (χ0n) is 25.4. The normalized spacial score (nSPS) is 46.8. The van der Waals surface area contributed by atoms with E-state index in [1.807, 2.05) is 21.6 Å². The fourth-order valence-corrected chi connectivity index (χ4v) is 10.7. The molecule has 7 rings (SSSR count). The summed E-state index contributed by atoms with van der Waals surface area (Å²) < 4.78 is 38.6. The van der Waals surface area contributed by atoms with Gasteiger partial charge in [0.15, 0.2) is 0 Å². The molecule has 11 unspecified atom stereocenters. The van der Waals surface area contributed by atoms with Crippen LogP contribution in [0.1, 0.15) is 52.4 Å². The summed E-state index contributed by atoms with van der Waals surface area (Å²) in [5, 5.41) is 10.9. The molecule has 2 saturated carbocycles. The number of carbonyl (C=O) groups is 2. The molecule has 0 radical (unpaired) electrons. The predicted molar refractivity (Wildman–Crippen MR) is 162 cm³/mol. The third-order valence-corrected chi connectivity index (χ3v) is 12.8. The van der Waals surface area contributed by atoms with Crippen LogP contribution in [0.3, 0.4) is 0 Å². The van der Waals surface area contributed by atoms with Gasteiger partial charge in [-0.15, -0.1) is 0 Å². The molecule has 0 spiro atoms. The van der Waals surface area contributed by atoms with E-state index in [2.05, 4.69) is 41.3 Å². The lowest BCUT2D eigenvalue weighted by Gasteiger charge is -2.59. The minimum Gasteiger partial charge on any atom is -0.377 e. The Morgan fingerprint density at radius 2 is 1.95 bits per heavy atom. The van der Waals surface area contributed by atoms with Gasteiger partial charge in [0.05, 0.1) is 31.1 Å². The molecule has 240 valence electrons. The zero-order chi connectivity index (χ0) is 30.0. The van der Waals surface area contributed by atoms with Gasteiger partial charge < -0.3 is 25.2 Å². The molecule has 13 atom stereocenters. The quantitative estimate of drug-likeness (QED) is 0.417. The van der Waals surface area contributed by atoms with Crippen LogP contribution in [0.25, 0.3) is 0 Å². The first-order valence-corrected chi connectivity index (χ1v) is 17.6. The number of fused-ring (bicyclic) bond motifs is 6. The number of thioether (sulfide) groups is 1. The summed E-state index contributed by atoms with van der Waals surface area (Å²) in [6, 6.07) is -0.644. The van der Waals surface area contributed by atoms with Crippen LogP contribution in [-0.4, -0.2) is 125 Å². The number of nitrogens with zero attached hydrogens (tertiary/aromatic N) is 3. The Balaban J connectivity index is 1.25. The second kappa shape index (κ2) is 12.0. The number of piperidine rings is 2. The van der Waals surface area contributed by atoms with Crippen LogP contribution >= 0.6 is 11.8 Å². The molecule has 0 aromatic heterocycles. The molecule has 43 heavy (non-hydrogen) atoms. The number of hydrogen-bond donors (Lipinski definition) is 3. The van der Waals surface area contributed by atoms with Crippen molar-refractivity contribution < 1.29 is 23.1 Å². The number of carbonyl (C=O) groups excluding carboxylic acids is 2. The van der Waals surface area contributed by atoms with Gasteiger partial charge >= 0.3 is 6.03 Å². The topological polar surface area (TPSA) is 89.2 Å². The van der Waals surface area contributed by atoms with Crippen molar-refractivity contribution in [3.63, 3.8) is 0 Å². The molecule has 2 bridgehead atoms. The van der Waals surface area contributed by atoms with Gasteiger partial charge in [0.1, 0.15) is 12.3 Å². The summed E-state index contributed by atoms with van der Waals surface area (Å²) in [6.45, 7) is 10.6. The van der Waals surface area contributed by atoms with E-state index in [-0.39, 0.29) is 71.9 Å². The van der Waals surface area contributed by atoms with E-state index in [0.29, 0.717) is 26.1 Å². The van der Waals surface area contributed by atoms with Gasteiger partial charge in [0.25, 0.3) is 0 Å². The molecule has 7 aliphatic rings. The van der Waals surface area contributed by atoms with Crippen molar-refractivity contribution in [1.29, 1.82) is 0 Å². The number of nitrogens with one attached hydrogen (secondary N) is 3. The Hall–Kier alpha value is -1.47. The third kappa shape index (κ3) is 5.30. The first-order valence-electron chi connectivity index (χ1n) is 16.6. The van der Waals surface area contributed by atoms with Crippen molar-refractivity contribution in [1.82, 2.24) is 30.7 Å². The predicted octanol–water partition coefficient (Wildman–Crippen LogP) is 2.48. The Morgan fingerprint density at radius 3 is 2.74 bits per heavy atom. The fraction of sp³-hybridized carbons (Fsp3) is 0.871. The summed E-state index contributed by atoms with van der Waals surface area (Å²) in [4.78, 5) is 33.0. The molecule has 2 aliphatic carbocycles. The average molecular weight is 623 g/mol. The second-order valence-corrected chi connectivity index (χ2v) is 15.4. The van der Waals surface area contributed by atoms with Crippen LogP contribution in [-0.2, 0) is 9.53 Å². The standard InChI is InChI=1S/C31H48F2N6O3S/c1-4-24(40)37-10-11-38(21-15-20(21)37)29-17-14-19(33)27-25-18(32)6-5-7-22(25)42-12-13-43-23-8-9-34-26(16(2)3)28(23)39(30(17)35-27)31(41)36-29/h4,16-23,25-30,34-35H,1,5-15H2,2-3H3,(H,36,41)/t17?,18?,19?,20-,21+,22?,23?,25?,26?,27?,28?,29?,30?/m0/s1. The van der Waals surface area contributed by atoms with Gasteiger partial charge in [-0.1, -0.05) is 20.4 Å². The van der Waals surface area contributed by atoms with Gasteiger partial charge in [0, 0.05) is 60.1 Å². The lowest BCUT2D eigenvalue weighted by Crippen LogP contribution is -2.80. The number of piperazine rings is 1. The monoisotopic (exact) mass is 622 g/mol. The van der Waals surface area contributed by atoms with E-state index in [1.54, 1.807) is 0 Å². The van der Waals surface area contributed by atoms with E-state index < -0.39 is 30.5 Å². The molecule has 7 fully saturated rings. The number of hydrogen-bond acceptors (Lipinski definition) is 7. The molecular weight excluding hydrogens is 574 g/mol. The van der Waals surface area contributed by atoms with Gasteiger partial charge in [0.2, 0.25) is 5.91 Å². The number of amides is 3. The van der Waals surface area contributed by atoms with Gasteiger partial charge in [-0.25, -0.2) is 13.6 Å². The minimum atomic E-state index is -1.26. The maximum absolute atomic E-state index is 16.5. The Labute approximate surface area is 258 Å². The third-order valence-electron chi connectivity index (χ3n) is 11.4. The van der Waals surface area contributed by atoms with E-state index >= 15 is 8.78 Å². The average Bonchev–Trinajstić information content (AvgIpc) is 3.79. The van der Waals surface area contributed by atoms with Gasteiger partial charge in [-0.3, -0.25) is 15.0 Å². The summed E-state index contributed by atoms with van der Waals surface area (Å²) in [6.07, 6.45) is 1.78. The molecule has 0 aromatic carbocycles. The van der Waals surface area contributed by atoms with Crippen LogP contribution in [0.4, 0.5) is 13.6 Å².